The predicted molar refractivity (Wildman–Crippen MR) is 118 cm³/mol. The third kappa shape index (κ3) is 3.08. The second-order valence-corrected chi connectivity index (χ2v) is 7.59. The van der Waals surface area contributed by atoms with Crippen molar-refractivity contribution in [1.82, 2.24) is 10.2 Å². The zero-order valence-electron chi connectivity index (χ0n) is 16.1. The number of benzene rings is 3. The van der Waals surface area contributed by atoms with Gasteiger partial charge in [-0.05, 0) is 35.9 Å². The van der Waals surface area contributed by atoms with Crippen LogP contribution in [-0.4, -0.2) is 27.2 Å². The number of carboxylic acids is 1. The van der Waals surface area contributed by atoms with Crippen molar-refractivity contribution < 1.29 is 14.7 Å². The van der Waals surface area contributed by atoms with Gasteiger partial charge in [0.2, 0.25) is 0 Å². The summed E-state index contributed by atoms with van der Waals surface area (Å²) in [5.41, 5.74) is 4.18. The number of nitrogens with zero attached hydrogens (tertiary/aromatic N) is 2. The van der Waals surface area contributed by atoms with Gasteiger partial charge < -0.3 is 5.11 Å². The van der Waals surface area contributed by atoms with Gasteiger partial charge >= 0.3 is 5.97 Å². The van der Waals surface area contributed by atoms with E-state index in [9.17, 15) is 14.7 Å². The van der Waals surface area contributed by atoms with E-state index in [0.717, 1.165) is 16.7 Å². The van der Waals surface area contributed by atoms with Crippen LogP contribution in [0.2, 0.25) is 5.02 Å². The van der Waals surface area contributed by atoms with Crippen LogP contribution in [0.5, 0.6) is 0 Å². The Morgan fingerprint density at radius 1 is 0.968 bits per heavy atom. The first kappa shape index (κ1) is 19.1. The van der Waals surface area contributed by atoms with Crippen LogP contribution in [0.1, 0.15) is 38.0 Å². The molecule has 5 rings (SSSR count). The normalized spacial score (nSPS) is 15.2. The molecule has 0 saturated heterocycles. The van der Waals surface area contributed by atoms with E-state index < -0.39 is 12.0 Å². The lowest BCUT2D eigenvalue weighted by molar-refractivity contribution is 0.0696. The van der Waals surface area contributed by atoms with Gasteiger partial charge in [0.1, 0.15) is 5.69 Å². The molecule has 2 heterocycles. The van der Waals surface area contributed by atoms with Crippen LogP contribution in [0, 0.1) is 0 Å². The maximum absolute atomic E-state index is 13.5. The Balaban J connectivity index is 1.72. The molecule has 0 radical (unpaired) electrons. The molecule has 31 heavy (non-hydrogen) atoms. The number of amides is 1. The minimum absolute atomic E-state index is 0.148. The third-order valence-electron chi connectivity index (χ3n) is 5.41. The highest BCUT2D eigenvalue weighted by Crippen LogP contribution is 2.46. The molecule has 1 atom stereocenters. The van der Waals surface area contributed by atoms with E-state index in [1.807, 2.05) is 48.5 Å². The quantitative estimate of drug-likeness (QED) is 0.468. The number of H-pyrrole nitrogens is 1. The van der Waals surface area contributed by atoms with E-state index in [-0.39, 0.29) is 11.5 Å². The maximum Gasteiger partial charge on any atom is 0.335 e. The third-order valence-corrected chi connectivity index (χ3v) is 5.75. The summed E-state index contributed by atoms with van der Waals surface area (Å²) in [5.74, 6) is -1.28. The highest BCUT2D eigenvalue weighted by molar-refractivity contribution is 6.31. The van der Waals surface area contributed by atoms with Crippen LogP contribution in [-0.2, 0) is 0 Å². The summed E-state index contributed by atoms with van der Waals surface area (Å²) in [6.07, 6.45) is 0. The number of carbonyl (C=O) groups is 2. The predicted octanol–water partition coefficient (Wildman–Crippen LogP) is 5.18. The van der Waals surface area contributed by atoms with Crippen molar-refractivity contribution in [3.8, 4) is 11.3 Å². The molecule has 1 aliphatic heterocycles. The lowest BCUT2D eigenvalue weighted by Crippen LogP contribution is -2.29. The number of aromatic nitrogens is 2. The number of aromatic amines is 1. The molecular weight excluding hydrogens is 414 g/mol. The average Bonchev–Trinajstić information content (AvgIpc) is 3.34. The van der Waals surface area contributed by atoms with E-state index in [0.29, 0.717) is 22.1 Å². The summed E-state index contributed by atoms with van der Waals surface area (Å²) >= 11 is 6.56. The summed E-state index contributed by atoms with van der Waals surface area (Å²) in [5, 5.41) is 17.1. The number of anilines is 1. The molecule has 4 aromatic rings. The van der Waals surface area contributed by atoms with Crippen LogP contribution in [0.3, 0.4) is 0 Å². The largest absolute Gasteiger partial charge is 0.478 e. The molecule has 6 nitrogen and oxygen atoms in total. The van der Waals surface area contributed by atoms with Gasteiger partial charge in [-0.25, -0.2) is 4.79 Å². The van der Waals surface area contributed by atoms with Gasteiger partial charge in [0, 0.05) is 21.8 Å². The van der Waals surface area contributed by atoms with Crippen molar-refractivity contribution in [2.24, 2.45) is 0 Å². The summed E-state index contributed by atoms with van der Waals surface area (Å²) < 4.78 is 0. The number of nitrogens with one attached hydrogen (secondary N) is 1. The SMILES string of the molecule is O=C(O)c1ccc(N2C(=O)c3[nH]nc(-c4ccccc4)c3[C@@H]2c2ccccc2Cl)cc1. The van der Waals surface area contributed by atoms with Crippen molar-refractivity contribution >= 4 is 29.2 Å². The highest BCUT2D eigenvalue weighted by atomic mass is 35.5. The lowest BCUT2D eigenvalue weighted by Gasteiger charge is -2.27. The zero-order chi connectivity index (χ0) is 21.5. The van der Waals surface area contributed by atoms with E-state index in [1.165, 1.54) is 12.1 Å². The summed E-state index contributed by atoms with van der Waals surface area (Å²) in [6.45, 7) is 0. The smallest absolute Gasteiger partial charge is 0.335 e. The van der Waals surface area contributed by atoms with Crippen LogP contribution >= 0.6 is 11.6 Å². The van der Waals surface area contributed by atoms with Gasteiger partial charge in [0.05, 0.1) is 17.3 Å². The Morgan fingerprint density at radius 3 is 2.32 bits per heavy atom. The molecule has 0 spiro atoms. The van der Waals surface area contributed by atoms with Crippen LogP contribution in [0.25, 0.3) is 11.3 Å². The number of aromatic carboxylic acids is 1. The first-order chi connectivity index (χ1) is 15.1. The summed E-state index contributed by atoms with van der Waals surface area (Å²) in [4.78, 5) is 26.3. The summed E-state index contributed by atoms with van der Waals surface area (Å²) in [7, 11) is 0. The van der Waals surface area contributed by atoms with Gasteiger partial charge in [-0.15, -0.1) is 0 Å². The molecule has 0 bridgehead atoms. The van der Waals surface area contributed by atoms with E-state index in [4.69, 9.17) is 11.6 Å². The van der Waals surface area contributed by atoms with Gasteiger partial charge in [-0.1, -0.05) is 60.1 Å². The molecule has 1 amide bonds. The number of carbonyl (C=O) groups excluding carboxylic acids is 1. The number of carboxylic acid groups (broad SMARTS) is 1. The van der Waals surface area contributed by atoms with Crippen LogP contribution < -0.4 is 4.90 Å². The molecule has 2 N–H and O–H groups in total. The monoisotopic (exact) mass is 429 g/mol. The maximum atomic E-state index is 13.5. The molecule has 0 aliphatic carbocycles. The number of halogens is 1. The Labute approximate surface area is 182 Å². The van der Waals surface area contributed by atoms with Crippen molar-refractivity contribution in [3.63, 3.8) is 0 Å². The Bertz CT molecular complexity index is 1300. The van der Waals surface area contributed by atoms with Gasteiger partial charge in [-0.2, -0.15) is 5.10 Å². The van der Waals surface area contributed by atoms with Crippen molar-refractivity contribution in [2.75, 3.05) is 4.90 Å². The Morgan fingerprint density at radius 2 is 1.65 bits per heavy atom. The second-order valence-electron chi connectivity index (χ2n) is 7.18. The van der Waals surface area contributed by atoms with Crippen molar-refractivity contribution in [2.45, 2.75) is 6.04 Å². The topological polar surface area (TPSA) is 86.3 Å². The van der Waals surface area contributed by atoms with Crippen molar-refractivity contribution in [3.05, 3.63) is 106 Å². The number of rotatable bonds is 4. The number of hydrogen-bond acceptors (Lipinski definition) is 3. The molecule has 3 aromatic carbocycles. The van der Waals surface area contributed by atoms with Gasteiger partial charge in [0.15, 0.2) is 0 Å². The fourth-order valence-corrected chi connectivity index (χ4v) is 4.22. The van der Waals surface area contributed by atoms with E-state index in [2.05, 4.69) is 10.2 Å². The van der Waals surface area contributed by atoms with Crippen molar-refractivity contribution in [1.29, 1.82) is 0 Å². The average molecular weight is 430 g/mol. The van der Waals surface area contributed by atoms with E-state index in [1.54, 1.807) is 23.1 Å². The molecular formula is C24H16ClN3O3. The van der Waals surface area contributed by atoms with E-state index >= 15 is 0 Å². The van der Waals surface area contributed by atoms with Gasteiger partial charge in [0.25, 0.3) is 5.91 Å². The number of hydrogen-bond donors (Lipinski definition) is 2. The first-order valence-electron chi connectivity index (χ1n) is 9.61. The zero-order valence-corrected chi connectivity index (χ0v) is 16.9. The van der Waals surface area contributed by atoms with Crippen LogP contribution in [0.4, 0.5) is 5.69 Å². The molecule has 152 valence electrons. The highest BCUT2D eigenvalue weighted by Gasteiger charge is 2.43. The van der Waals surface area contributed by atoms with Gasteiger partial charge in [-0.3, -0.25) is 14.8 Å². The minimum Gasteiger partial charge on any atom is -0.478 e. The lowest BCUT2D eigenvalue weighted by atomic mass is 9.95. The molecule has 1 aromatic heterocycles. The molecule has 7 heteroatoms. The first-order valence-corrected chi connectivity index (χ1v) is 9.99. The summed E-state index contributed by atoms with van der Waals surface area (Å²) in [6, 6.07) is 22.7. The molecule has 1 aliphatic rings. The second kappa shape index (κ2) is 7.41. The molecule has 0 saturated carbocycles. The minimum atomic E-state index is -1.03. The molecule has 0 fully saturated rings. The number of fused-ring (bicyclic) bond motifs is 1. The Hall–Kier alpha value is -3.90. The molecule has 0 unspecified atom stereocenters. The fraction of sp³-hybridized carbons (Fsp3) is 0.0417. The van der Waals surface area contributed by atoms with Crippen LogP contribution in [0.15, 0.2) is 78.9 Å². The Kier molecular flexibility index (Phi) is 4.56. The standard InChI is InChI=1S/C24H16ClN3O3/c25-18-9-5-4-8-17(18)22-19-20(14-6-2-1-3-7-14)26-27-21(19)23(29)28(22)16-12-10-15(11-13-16)24(30)31/h1-13,22H,(H,26,27)(H,30,31)/t22-/m0/s1. The fourth-order valence-electron chi connectivity index (χ4n) is 3.99.